The van der Waals surface area contributed by atoms with Gasteiger partial charge >= 0.3 is 0 Å². The van der Waals surface area contributed by atoms with E-state index in [1.165, 1.54) is 24.5 Å². The molecular weight excluding hydrogens is 238 g/mol. The second-order valence-corrected chi connectivity index (χ2v) is 4.12. The van der Waals surface area contributed by atoms with Gasteiger partial charge in [0.25, 0.3) is 0 Å². The Morgan fingerprint density at radius 1 is 1.17 bits per heavy atom. The van der Waals surface area contributed by atoms with Crippen LogP contribution in [-0.4, -0.2) is 15.2 Å². The van der Waals surface area contributed by atoms with Gasteiger partial charge in [0.15, 0.2) is 0 Å². The zero-order valence-electron chi connectivity index (χ0n) is 10.1. The topological polar surface area (TPSA) is 53.6 Å². The molecule has 0 aliphatic heterocycles. The van der Waals surface area contributed by atoms with Crippen LogP contribution in [0.15, 0.2) is 24.5 Å². The highest BCUT2D eigenvalue weighted by Crippen LogP contribution is 2.22. The standard InChI is InChI=1S/C12H14F2N4/c1-7(11-9(13)4-3-5-10(11)14)17-8(2)12-15-6-16-18-12/h3-8,17H,1-2H3,(H,15,16,18). The smallest absolute Gasteiger partial charge is 0.141 e. The Labute approximate surface area is 103 Å². The lowest BCUT2D eigenvalue weighted by atomic mass is 10.1. The summed E-state index contributed by atoms with van der Waals surface area (Å²) >= 11 is 0. The summed E-state index contributed by atoms with van der Waals surface area (Å²) in [6.45, 7) is 3.55. The van der Waals surface area contributed by atoms with E-state index in [4.69, 9.17) is 0 Å². The van der Waals surface area contributed by atoms with Gasteiger partial charge in [-0.05, 0) is 26.0 Å². The summed E-state index contributed by atoms with van der Waals surface area (Å²) in [5.41, 5.74) is 0.0314. The molecule has 0 aliphatic carbocycles. The van der Waals surface area contributed by atoms with Gasteiger partial charge in [0, 0.05) is 11.6 Å². The zero-order valence-corrected chi connectivity index (χ0v) is 10.1. The third-order valence-corrected chi connectivity index (χ3v) is 2.78. The summed E-state index contributed by atoms with van der Waals surface area (Å²) < 4.78 is 27.2. The number of H-pyrrole nitrogens is 1. The highest BCUT2D eigenvalue weighted by molar-refractivity contribution is 5.23. The van der Waals surface area contributed by atoms with Crippen molar-refractivity contribution in [2.45, 2.75) is 25.9 Å². The fourth-order valence-electron chi connectivity index (χ4n) is 1.89. The monoisotopic (exact) mass is 252 g/mol. The van der Waals surface area contributed by atoms with Crippen LogP contribution in [0.25, 0.3) is 0 Å². The summed E-state index contributed by atoms with van der Waals surface area (Å²) in [5, 5.41) is 9.51. The summed E-state index contributed by atoms with van der Waals surface area (Å²) in [4.78, 5) is 3.99. The van der Waals surface area contributed by atoms with Crippen molar-refractivity contribution in [3.05, 3.63) is 47.5 Å². The average molecular weight is 252 g/mol. The van der Waals surface area contributed by atoms with Gasteiger partial charge in [-0.1, -0.05) is 6.07 Å². The Kier molecular flexibility index (Phi) is 3.66. The highest BCUT2D eigenvalue weighted by atomic mass is 19.1. The molecule has 1 aromatic heterocycles. The maximum absolute atomic E-state index is 13.6. The Balaban J connectivity index is 2.15. The van der Waals surface area contributed by atoms with E-state index >= 15 is 0 Å². The molecule has 0 saturated heterocycles. The van der Waals surface area contributed by atoms with Crippen molar-refractivity contribution in [3.8, 4) is 0 Å². The van der Waals surface area contributed by atoms with Gasteiger partial charge in [0.2, 0.25) is 0 Å². The van der Waals surface area contributed by atoms with Crippen molar-refractivity contribution in [2.75, 3.05) is 0 Å². The van der Waals surface area contributed by atoms with Gasteiger partial charge in [-0.2, -0.15) is 5.10 Å². The van der Waals surface area contributed by atoms with Gasteiger partial charge in [0.1, 0.15) is 23.8 Å². The minimum absolute atomic E-state index is 0.0314. The Morgan fingerprint density at radius 2 is 1.83 bits per heavy atom. The third-order valence-electron chi connectivity index (χ3n) is 2.78. The van der Waals surface area contributed by atoms with Crippen LogP contribution in [0.5, 0.6) is 0 Å². The molecule has 6 heteroatoms. The van der Waals surface area contributed by atoms with Crippen LogP contribution in [0, 0.1) is 11.6 Å². The van der Waals surface area contributed by atoms with E-state index < -0.39 is 17.7 Å². The molecule has 2 atom stereocenters. The Morgan fingerprint density at radius 3 is 2.39 bits per heavy atom. The first kappa shape index (κ1) is 12.6. The van der Waals surface area contributed by atoms with E-state index in [1.54, 1.807) is 6.92 Å². The molecule has 2 unspecified atom stereocenters. The van der Waals surface area contributed by atoms with Crippen LogP contribution in [0.1, 0.15) is 37.3 Å². The molecule has 0 amide bonds. The number of rotatable bonds is 4. The molecule has 0 aliphatic rings. The molecule has 2 aromatic rings. The minimum atomic E-state index is -0.556. The van der Waals surface area contributed by atoms with Crippen molar-refractivity contribution in [3.63, 3.8) is 0 Å². The van der Waals surface area contributed by atoms with Crippen molar-refractivity contribution < 1.29 is 8.78 Å². The van der Waals surface area contributed by atoms with Crippen LogP contribution in [-0.2, 0) is 0 Å². The van der Waals surface area contributed by atoms with Crippen LogP contribution in [0.4, 0.5) is 8.78 Å². The maximum Gasteiger partial charge on any atom is 0.141 e. The van der Waals surface area contributed by atoms with E-state index in [0.29, 0.717) is 5.82 Å². The molecular formula is C12H14F2N4. The molecule has 2 rings (SSSR count). The number of nitrogens with zero attached hydrogens (tertiary/aromatic N) is 2. The largest absolute Gasteiger partial charge is 0.301 e. The van der Waals surface area contributed by atoms with Crippen LogP contribution >= 0.6 is 0 Å². The van der Waals surface area contributed by atoms with Crippen LogP contribution < -0.4 is 5.32 Å². The predicted octanol–water partition coefficient (Wildman–Crippen LogP) is 2.49. The van der Waals surface area contributed by atoms with E-state index in [2.05, 4.69) is 20.5 Å². The molecule has 96 valence electrons. The zero-order chi connectivity index (χ0) is 13.1. The van der Waals surface area contributed by atoms with E-state index in [1.807, 2.05) is 6.92 Å². The lowest BCUT2D eigenvalue weighted by molar-refractivity contribution is 0.440. The quantitative estimate of drug-likeness (QED) is 0.879. The first-order valence-corrected chi connectivity index (χ1v) is 5.64. The molecule has 0 bridgehead atoms. The van der Waals surface area contributed by atoms with Gasteiger partial charge < -0.3 is 5.32 Å². The Hall–Kier alpha value is -1.82. The van der Waals surface area contributed by atoms with Gasteiger partial charge in [-0.3, -0.25) is 5.10 Å². The maximum atomic E-state index is 13.6. The fraction of sp³-hybridized carbons (Fsp3) is 0.333. The minimum Gasteiger partial charge on any atom is -0.301 e. The molecule has 4 nitrogen and oxygen atoms in total. The van der Waals surface area contributed by atoms with Crippen LogP contribution in [0.3, 0.4) is 0 Å². The van der Waals surface area contributed by atoms with Gasteiger partial charge in [-0.15, -0.1) is 0 Å². The average Bonchev–Trinajstić information content (AvgIpc) is 2.81. The molecule has 2 N–H and O–H groups in total. The molecule has 0 fully saturated rings. The normalized spacial score (nSPS) is 14.4. The number of nitrogens with one attached hydrogen (secondary N) is 2. The third kappa shape index (κ3) is 2.53. The van der Waals surface area contributed by atoms with Crippen molar-refractivity contribution in [2.24, 2.45) is 0 Å². The van der Waals surface area contributed by atoms with Crippen molar-refractivity contribution >= 4 is 0 Å². The summed E-state index contributed by atoms with van der Waals surface area (Å²) in [7, 11) is 0. The number of halogens is 2. The molecule has 18 heavy (non-hydrogen) atoms. The lowest BCUT2D eigenvalue weighted by Gasteiger charge is -2.19. The summed E-state index contributed by atoms with van der Waals surface area (Å²) in [6.07, 6.45) is 1.39. The summed E-state index contributed by atoms with van der Waals surface area (Å²) in [6, 6.07) is 3.19. The highest BCUT2D eigenvalue weighted by Gasteiger charge is 2.19. The fourth-order valence-corrected chi connectivity index (χ4v) is 1.89. The van der Waals surface area contributed by atoms with E-state index in [9.17, 15) is 8.78 Å². The number of aromatic nitrogens is 3. The van der Waals surface area contributed by atoms with Crippen molar-refractivity contribution in [1.29, 1.82) is 0 Å². The Bertz CT molecular complexity index is 493. The lowest BCUT2D eigenvalue weighted by Crippen LogP contribution is -2.25. The molecule has 1 heterocycles. The SMILES string of the molecule is CC(NC(C)c1c(F)cccc1F)c1ncn[nH]1. The first-order chi connectivity index (χ1) is 8.59. The number of hydrogen-bond acceptors (Lipinski definition) is 3. The van der Waals surface area contributed by atoms with E-state index in [0.717, 1.165) is 0 Å². The molecule has 1 aromatic carbocycles. The number of hydrogen-bond donors (Lipinski definition) is 2. The second-order valence-electron chi connectivity index (χ2n) is 4.12. The van der Waals surface area contributed by atoms with Gasteiger partial charge in [0.05, 0.1) is 6.04 Å². The molecule has 0 spiro atoms. The molecule has 0 saturated carbocycles. The van der Waals surface area contributed by atoms with Crippen molar-refractivity contribution in [1.82, 2.24) is 20.5 Å². The van der Waals surface area contributed by atoms with E-state index in [-0.39, 0.29) is 11.6 Å². The summed E-state index contributed by atoms with van der Waals surface area (Å²) in [5.74, 6) is -0.488. The second kappa shape index (κ2) is 5.22. The van der Waals surface area contributed by atoms with Crippen LogP contribution in [0.2, 0.25) is 0 Å². The first-order valence-electron chi connectivity index (χ1n) is 5.64. The predicted molar refractivity (Wildman–Crippen MR) is 62.7 cm³/mol. The molecule has 0 radical (unpaired) electrons. The number of aromatic amines is 1. The number of benzene rings is 1. The van der Waals surface area contributed by atoms with Gasteiger partial charge in [-0.25, -0.2) is 13.8 Å².